The lowest BCUT2D eigenvalue weighted by molar-refractivity contribution is -0.119. The van der Waals surface area contributed by atoms with E-state index in [1.165, 1.54) is 35.6 Å². The van der Waals surface area contributed by atoms with Gasteiger partial charge in [0.15, 0.2) is 6.61 Å². The highest BCUT2D eigenvalue weighted by Gasteiger charge is 2.23. The van der Waals surface area contributed by atoms with Crippen molar-refractivity contribution in [2.75, 3.05) is 18.5 Å². The number of amides is 1. The first kappa shape index (κ1) is 21.1. The molecule has 0 saturated heterocycles. The molecule has 2 aromatic carbocycles. The normalized spacial score (nSPS) is 10.3. The van der Waals surface area contributed by atoms with Crippen LogP contribution in [-0.2, 0) is 14.3 Å². The summed E-state index contributed by atoms with van der Waals surface area (Å²) in [7, 11) is 0. The van der Waals surface area contributed by atoms with Crippen molar-refractivity contribution < 1.29 is 29.0 Å². The Morgan fingerprint density at radius 2 is 1.77 bits per heavy atom. The average molecular weight is 425 g/mol. The van der Waals surface area contributed by atoms with Gasteiger partial charge in [0.25, 0.3) is 5.91 Å². The number of thiophene rings is 1. The van der Waals surface area contributed by atoms with Crippen LogP contribution < -0.4 is 5.32 Å². The van der Waals surface area contributed by atoms with Gasteiger partial charge in [-0.2, -0.15) is 0 Å². The van der Waals surface area contributed by atoms with Gasteiger partial charge in [0.2, 0.25) is 0 Å². The van der Waals surface area contributed by atoms with E-state index in [9.17, 15) is 19.5 Å². The van der Waals surface area contributed by atoms with Crippen LogP contribution in [-0.4, -0.2) is 36.2 Å². The highest BCUT2D eigenvalue weighted by molar-refractivity contribution is 7.15. The van der Waals surface area contributed by atoms with Gasteiger partial charge in [0, 0.05) is 10.9 Å². The predicted octanol–water partition coefficient (Wildman–Crippen LogP) is 4.09. The number of rotatable bonds is 7. The summed E-state index contributed by atoms with van der Waals surface area (Å²) >= 11 is 1.18. The monoisotopic (exact) mass is 425 g/mol. The topological polar surface area (TPSA) is 102 Å². The molecule has 154 valence electrons. The number of esters is 2. The van der Waals surface area contributed by atoms with Crippen molar-refractivity contribution in [2.24, 2.45) is 0 Å². The zero-order valence-corrected chi connectivity index (χ0v) is 16.9. The highest BCUT2D eigenvalue weighted by atomic mass is 32.1. The van der Waals surface area contributed by atoms with E-state index in [0.717, 1.165) is 5.56 Å². The van der Waals surface area contributed by atoms with Crippen molar-refractivity contribution >= 4 is 34.2 Å². The van der Waals surface area contributed by atoms with Gasteiger partial charge >= 0.3 is 11.9 Å². The number of nitrogens with one attached hydrogen (secondary N) is 1. The van der Waals surface area contributed by atoms with E-state index in [0.29, 0.717) is 10.6 Å². The van der Waals surface area contributed by atoms with E-state index in [-0.39, 0.29) is 23.5 Å². The molecule has 1 heterocycles. The van der Waals surface area contributed by atoms with Crippen molar-refractivity contribution in [1.29, 1.82) is 0 Å². The minimum absolute atomic E-state index is 0.0833. The maximum atomic E-state index is 12.5. The number of phenols is 1. The van der Waals surface area contributed by atoms with Gasteiger partial charge in [0.05, 0.1) is 12.2 Å². The largest absolute Gasteiger partial charge is 0.508 e. The van der Waals surface area contributed by atoms with Gasteiger partial charge in [-0.3, -0.25) is 4.79 Å². The molecular formula is C22H19NO6S. The second kappa shape index (κ2) is 9.71. The van der Waals surface area contributed by atoms with Crippen molar-refractivity contribution in [2.45, 2.75) is 6.92 Å². The molecule has 0 fully saturated rings. The summed E-state index contributed by atoms with van der Waals surface area (Å²) in [6, 6.07) is 14.9. The maximum absolute atomic E-state index is 12.5. The van der Waals surface area contributed by atoms with E-state index in [4.69, 9.17) is 9.47 Å². The third-order valence-electron chi connectivity index (χ3n) is 4.02. The van der Waals surface area contributed by atoms with Crippen molar-refractivity contribution in [3.63, 3.8) is 0 Å². The number of ether oxygens (including phenoxy) is 2. The number of phenolic OH excluding ortho intramolecular Hbond substituents is 1. The van der Waals surface area contributed by atoms with Crippen molar-refractivity contribution in [1.82, 2.24) is 0 Å². The molecule has 7 nitrogen and oxygen atoms in total. The number of hydrogen-bond donors (Lipinski definition) is 2. The van der Waals surface area contributed by atoms with Crippen LogP contribution in [0.4, 0.5) is 5.00 Å². The van der Waals surface area contributed by atoms with E-state index in [1.807, 2.05) is 30.3 Å². The van der Waals surface area contributed by atoms with Gasteiger partial charge in [-0.25, -0.2) is 9.59 Å². The molecule has 0 radical (unpaired) electrons. The summed E-state index contributed by atoms with van der Waals surface area (Å²) in [6.07, 6.45) is 0. The smallest absolute Gasteiger partial charge is 0.341 e. The van der Waals surface area contributed by atoms with Gasteiger partial charge in [-0.1, -0.05) is 36.4 Å². The molecule has 1 aromatic heterocycles. The molecule has 0 aliphatic rings. The molecule has 0 bridgehead atoms. The minimum atomic E-state index is -0.747. The van der Waals surface area contributed by atoms with Gasteiger partial charge < -0.3 is 19.9 Å². The number of aromatic hydroxyl groups is 1. The molecule has 8 heteroatoms. The summed E-state index contributed by atoms with van der Waals surface area (Å²) in [5.41, 5.74) is 1.83. The minimum Gasteiger partial charge on any atom is -0.508 e. The number of anilines is 1. The first-order valence-electron chi connectivity index (χ1n) is 9.09. The number of hydrogen-bond acceptors (Lipinski definition) is 7. The number of carbonyl (C=O) groups excluding carboxylic acids is 3. The van der Waals surface area contributed by atoms with Gasteiger partial charge in [-0.05, 0) is 30.7 Å². The highest BCUT2D eigenvalue weighted by Crippen LogP contribution is 2.36. The molecule has 3 rings (SSSR count). The molecule has 0 saturated carbocycles. The van der Waals surface area contributed by atoms with Crippen molar-refractivity contribution in [3.8, 4) is 16.9 Å². The zero-order chi connectivity index (χ0) is 21.5. The Labute approximate surface area is 176 Å². The van der Waals surface area contributed by atoms with Gasteiger partial charge in [-0.15, -0.1) is 11.3 Å². The molecule has 0 spiro atoms. The lowest BCUT2D eigenvalue weighted by Gasteiger charge is -2.09. The molecule has 1 amide bonds. The fraction of sp³-hybridized carbons (Fsp3) is 0.136. The molecule has 2 N–H and O–H groups in total. The quantitative estimate of drug-likeness (QED) is 0.553. The van der Waals surface area contributed by atoms with Crippen LogP contribution in [0, 0.1) is 0 Å². The summed E-state index contributed by atoms with van der Waals surface area (Å²) in [5.74, 6) is -1.98. The molecule has 0 unspecified atom stereocenters. The van der Waals surface area contributed by atoms with Crippen LogP contribution in [0.15, 0.2) is 60.0 Å². The summed E-state index contributed by atoms with van der Waals surface area (Å²) < 4.78 is 10.1. The molecule has 0 aliphatic heterocycles. The average Bonchev–Trinajstić information content (AvgIpc) is 3.16. The third kappa shape index (κ3) is 5.03. The third-order valence-corrected chi connectivity index (χ3v) is 4.92. The first-order valence-corrected chi connectivity index (χ1v) is 9.97. The zero-order valence-electron chi connectivity index (χ0n) is 16.1. The standard InChI is InChI=1S/C22H19NO6S/c1-2-28-22(27)19-17(14-7-4-3-5-8-14)13-30-20(19)23-18(25)12-29-21(26)15-9-6-10-16(24)11-15/h3-11,13,24H,2,12H2,1H3,(H,23,25). The van der Waals surface area contributed by atoms with E-state index >= 15 is 0 Å². The van der Waals surface area contributed by atoms with Crippen LogP contribution >= 0.6 is 11.3 Å². The maximum Gasteiger partial charge on any atom is 0.341 e. The molecular weight excluding hydrogens is 406 g/mol. The Balaban J connectivity index is 1.74. The predicted molar refractivity (Wildman–Crippen MR) is 113 cm³/mol. The number of benzene rings is 2. The SMILES string of the molecule is CCOC(=O)c1c(-c2ccccc2)csc1NC(=O)COC(=O)c1cccc(O)c1. The van der Waals surface area contributed by atoms with Crippen LogP contribution in [0.2, 0.25) is 0 Å². The van der Waals surface area contributed by atoms with E-state index < -0.39 is 24.5 Å². The molecule has 0 aliphatic carbocycles. The molecule has 0 atom stereocenters. The van der Waals surface area contributed by atoms with Crippen LogP contribution in [0.5, 0.6) is 5.75 Å². The molecule has 30 heavy (non-hydrogen) atoms. The van der Waals surface area contributed by atoms with Crippen molar-refractivity contribution in [3.05, 3.63) is 71.1 Å². The van der Waals surface area contributed by atoms with Crippen LogP contribution in [0.3, 0.4) is 0 Å². The fourth-order valence-corrected chi connectivity index (χ4v) is 3.67. The Morgan fingerprint density at radius 3 is 2.47 bits per heavy atom. The summed E-state index contributed by atoms with van der Waals surface area (Å²) in [4.78, 5) is 36.8. The lowest BCUT2D eigenvalue weighted by atomic mass is 10.0. The first-order chi connectivity index (χ1) is 14.5. The van der Waals surface area contributed by atoms with Crippen LogP contribution in [0.1, 0.15) is 27.6 Å². The van der Waals surface area contributed by atoms with Crippen LogP contribution in [0.25, 0.3) is 11.1 Å². The van der Waals surface area contributed by atoms with Gasteiger partial charge in [0.1, 0.15) is 16.3 Å². The second-order valence-corrected chi connectivity index (χ2v) is 6.99. The fourth-order valence-electron chi connectivity index (χ4n) is 2.70. The summed E-state index contributed by atoms with van der Waals surface area (Å²) in [5, 5.41) is 14.1. The Kier molecular flexibility index (Phi) is 6.82. The summed E-state index contributed by atoms with van der Waals surface area (Å²) in [6.45, 7) is 1.35. The Bertz CT molecular complexity index is 1060. The Hall–Kier alpha value is -3.65. The Morgan fingerprint density at radius 1 is 1.00 bits per heavy atom. The van der Waals surface area contributed by atoms with E-state index in [1.54, 1.807) is 12.3 Å². The lowest BCUT2D eigenvalue weighted by Crippen LogP contribution is -2.21. The second-order valence-electron chi connectivity index (χ2n) is 6.11. The van der Waals surface area contributed by atoms with E-state index in [2.05, 4.69) is 5.32 Å². The number of carbonyl (C=O) groups is 3. The molecule has 3 aromatic rings.